The van der Waals surface area contributed by atoms with Crippen molar-refractivity contribution < 1.29 is 22.0 Å². The lowest BCUT2D eigenvalue weighted by atomic mass is 10.2. The molecule has 0 saturated heterocycles. The zero-order chi connectivity index (χ0) is 17.2. The minimum Gasteiger partial charge on any atom is -0.325 e. The maximum Gasteiger partial charge on any atom is 0.239 e. The number of benzene rings is 2. The highest BCUT2D eigenvalue weighted by molar-refractivity contribution is 7.92. The van der Waals surface area contributed by atoms with E-state index in [1.54, 1.807) is 19.1 Å². The number of anilines is 1. The fourth-order valence-electron chi connectivity index (χ4n) is 2.17. The van der Waals surface area contributed by atoms with Gasteiger partial charge < -0.3 is 5.32 Å². The molecule has 0 fully saturated rings. The van der Waals surface area contributed by atoms with Gasteiger partial charge in [-0.05, 0) is 37.6 Å². The van der Waals surface area contributed by atoms with Crippen molar-refractivity contribution in [2.75, 3.05) is 11.1 Å². The largest absolute Gasteiger partial charge is 0.325 e. The highest BCUT2D eigenvalue weighted by Gasteiger charge is 2.21. The van der Waals surface area contributed by atoms with Crippen LogP contribution in [0.25, 0.3) is 0 Å². The van der Waals surface area contributed by atoms with Gasteiger partial charge in [-0.1, -0.05) is 17.7 Å². The quantitative estimate of drug-likeness (QED) is 0.931. The van der Waals surface area contributed by atoms with Crippen molar-refractivity contribution in [1.29, 1.82) is 0 Å². The number of hydrogen-bond donors (Lipinski definition) is 1. The number of hydrogen-bond acceptors (Lipinski definition) is 3. The highest BCUT2D eigenvalue weighted by atomic mass is 32.2. The van der Waals surface area contributed by atoms with E-state index in [1.807, 2.05) is 6.92 Å². The molecular formula is C16H15F2NO3S. The number of rotatable bonds is 4. The van der Waals surface area contributed by atoms with Crippen LogP contribution in [-0.4, -0.2) is 20.1 Å². The van der Waals surface area contributed by atoms with Crippen molar-refractivity contribution >= 4 is 21.4 Å². The number of amides is 1. The first-order valence-corrected chi connectivity index (χ1v) is 8.39. The van der Waals surface area contributed by atoms with Gasteiger partial charge >= 0.3 is 0 Å². The molecule has 0 spiro atoms. The number of carbonyl (C=O) groups excluding carboxylic acids is 1. The molecule has 0 radical (unpaired) electrons. The van der Waals surface area contributed by atoms with Crippen molar-refractivity contribution in [3.8, 4) is 0 Å². The van der Waals surface area contributed by atoms with Gasteiger partial charge in [0, 0.05) is 11.8 Å². The van der Waals surface area contributed by atoms with Gasteiger partial charge in [-0.2, -0.15) is 0 Å². The maximum absolute atomic E-state index is 13.1. The molecule has 0 bridgehead atoms. The minimum absolute atomic E-state index is 0.00951. The summed E-state index contributed by atoms with van der Waals surface area (Å²) < 4.78 is 50.5. The Morgan fingerprint density at radius 1 is 1.04 bits per heavy atom. The van der Waals surface area contributed by atoms with Gasteiger partial charge in [-0.25, -0.2) is 17.2 Å². The highest BCUT2D eigenvalue weighted by Crippen LogP contribution is 2.19. The van der Waals surface area contributed by atoms with Crippen LogP contribution in [0.5, 0.6) is 0 Å². The summed E-state index contributed by atoms with van der Waals surface area (Å²) in [5.74, 6) is -3.78. The van der Waals surface area contributed by atoms with Crippen LogP contribution in [0.3, 0.4) is 0 Å². The summed E-state index contributed by atoms with van der Waals surface area (Å²) in [6, 6.07) is 7.60. The Morgan fingerprint density at radius 3 is 2.35 bits per heavy atom. The van der Waals surface area contributed by atoms with Gasteiger partial charge in [-0.15, -0.1) is 0 Å². The van der Waals surface area contributed by atoms with E-state index in [9.17, 15) is 22.0 Å². The number of aryl methyl sites for hydroxylation is 2. The molecule has 0 saturated carbocycles. The molecule has 7 heteroatoms. The fourth-order valence-corrected chi connectivity index (χ4v) is 3.57. The predicted octanol–water partition coefficient (Wildman–Crippen LogP) is 2.99. The van der Waals surface area contributed by atoms with Crippen LogP contribution in [-0.2, 0) is 14.6 Å². The summed E-state index contributed by atoms with van der Waals surface area (Å²) in [5, 5.41) is 2.24. The Hall–Kier alpha value is -2.28. The van der Waals surface area contributed by atoms with E-state index in [-0.39, 0.29) is 10.6 Å². The van der Waals surface area contributed by atoms with Crippen molar-refractivity contribution in [2.24, 2.45) is 0 Å². The lowest BCUT2D eigenvalue weighted by Gasteiger charge is -2.09. The number of sulfone groups is 1. The Kier molecular flexibility index (Phi) is 4.79. The van der Waals surface area contributed by atoms with Gasteiger partial charge in [0.25, 0.3) is 0 Å². The average molecular weight is 339 g/mol. The van der Waals surface area contributed by atoms with E-state index in [0.29, 0.717) is 5.56 Å². The van der Waals surface area contributed by atoms with Gasteiger partial charge in [0.2, 0.25) is 5.91 Å². The monoisotopic (exact) mass is 339 g/mol. The maximum atomic E-state index is 13.1. The lowest BCUT2D eigenvalue weighted by Crippen LogP contribution is -2.23. The molecule has 1 amide bonds. The smallest absolute Gasteiger partial charge is 0.239 e. The minimum atomic E-state index is -3.83. The number of halogens is 2. The third-order valence-corrected chi connectivity index (χ3v) is 4.96. The van der Waals surface area contributed by atoms with Crippen LogP contribution in [0.4, 0.5) is 14.5 Å². The first-order valence-electron chi connectivity index (χ1n) is 6.74. The van der Waals surface area contributed by atoms with Gasteiger partial charge in [-0.3, -0.25) is 4.79 Å². The van der Waals surface area contributed by atoms with Gasteiger partial charge in [0.1, 0.15) is 5.75 Å². The standard InChI is InChI=1S/C16H15F2NO3S/c1-10-3-6-15(11(2)7-10)23(21,22)9-16(20)19-12-4-5-13(17)14(18)8-12/h3-8H,9H2,1-2H3,(H,19,20). The SMILES string of the molecule is Cc1ccc(S(=O)(=O)CC(=O)Nc2ccc(F)c(F)c2)c(C)c1. The lowest BCUT2D eigenvalue weighted by molar-refractivity contribution is -0.113. The zero-order valence-electron chi connectivity index (χ0n) is 12.6. The summed E-state index contributed by atoms with van der Waals surface area (Å²) in [7, 11) is -3.83. The average Bonchev–Trinajstić information content (AvgIpc) is 2.41. The zero-order valence-corrected chi connectivity index (χ0v) is 13.4. The number of nitrogens with one attached hydrogen (secondary N) is 1. The Bertz CT molecular complexity index is 864. The fraction of sp³-hybridized carbons (Fsp3) is 0.188. The van der Waals surface area contributed by atoms with Gasteiger partial charge in [0.05, 0.1) is 4.90 Å². The second-order valence-corrected chi connectivity index (χ2v) is 7.16. The summed E-state index contributed by atoms with van der Waals surface area (Å²) in [4.78, 5) is 11.9. The van der Waals surface area contributed by atoms with Crippen molar-refractivity contribution in [2.45, 2.75) is 18.7 Å². The van der Waals surface area contributed by atoms with Crippen LogP contribution < -0.4 is 5.32 Å². The second kappa shape index (κ2) is 6.45. The molecule has 23 heavy (non-hydrogen) atoms. The molecular weight excluding hydrogens is 324 g/mol. The number of carbonyl (C=O) groups is 1. The molecule has 2 rings (SSSR count). The Balaban J connectivity index is 2.16. The first-order chi connectivity index (χ1) is 10.7. The Labute approximate surface area is 133 Å². The summed E-state index contributed by atoms with van der Waals surface area (Å²) >= 11 is 0. The van der Waals surface area contributed by atoms with E-state index in [0.717, 1.165) is 23.8 Å². The molecule has 0 aromatic heterocycles. The van der Waals surface area contributed by atoms with Crippen LogP contribution in [0.2, 0.25) is 0 Å². The molecule has 0 atom stereocenters. The summed E-state index contributed by atoms with van der Waals surface area (Å²) in [6.07, 6.45) is 0. The summed E-state index contributed by atoms with van der Waals surface area (Å²) in [5.41, 5.74) is 1.45. The van der Waals surface area contributed by atoms with E-state index < -0.39 is 33.1 Å². The van der Waals surface area contributed by atoms with Gasteiger partial charge in [0.15, 0.2) is 21.5 Å². The second-order valence-electron chi connectivity index (χ2n) is 5.21. The summed E-state index contributed by atoms with van der Waals surface area (Å²) in [6.45, 7) is 3.48. The molecule has 0 aliphatic carbocycles. The molecule has 0 unspecified atom stereocenters. The third-order valence-electron chi connectivity index (χ3n) is 3.19. The van der Waals surface area contributed by atoms with Crippen molar-refractivity contribution in [3.63, 3.8) is 0 Å². The van der Waals surface area contributed by atoms with Crippen LogP contribution in [0.1, 0.15) is 11.1 Å². The van der Waals surface area contributed by atoms with E-state index >= 15 is 0 Å². The van der Waals surface area contributed by atoms with E-state index in [4.69, 9.17) is 0 Å². The molecule has 1 N–H and O–H groups in total. The Morgan fingerprint density at radius 2 is 1.74 bits per heavy atom. The molecule has 0 aliphatic heterocycles. The molecule has 2 aromatic carbocycles. The molecule has 0 heterocycles. The molecule has 0 aliphatic rings. The van der Waals surface area contributed by atoms with Crippen molar-refractivity contribution in [3.05, 3.63) is 59.2 Å². The van der Waals surface area contributed by atoms with Crippen LogP contribution in [0.15, 0.2) is 41.3 Å². The van der Waals surface area contributed by atoms with Crippen LogP contribution >= 0.6 is 0 Å². The normalized spacial score (nSPS) is 11.3. The van der Waals surface area contributed by atoms with Crippen LogP contribution in [0, 0.1) is 25.5 Å². The first kappa shape index (κ1) is 17.1. The molecule has 2 aromatic rings. The predicted molar refractivity (Wildman–Crippen MR) is 83.0 cm³/mol. The third kappa shape index (κ3) is 4.13. The van der Waals surface area contributed by atoms with E-state index in [2.05, 4.69) is 5.32 Å². The molecule has 4 nitrogen and oxygen atoms in total. The topological polar surface area (TPSA) is 63.2 Å². The van der Waals surface area contributed by atoms with Crippen molar-refractivity contribution in [1.82, 2.24) is 0 Å². The van der Waals surface area contributed by atoms with E-state index in [1.165, 1.54) is 6.07 Å². The molecule has 122 valence electrons.